The molecule has 0 amide bonds. The lowest BCUT2D eigenvalue weighted by Gasteiger charge is -2.11. The Kier molecular flexibility index (Phi) is 4.14. The highest BCUT2D eigenvalue weighted by molar-refractivity contribution is 5.99. The smallest absolute Gasteiger partial charge is 0.327 e. The van der Waals surface area contributed by atoms with E-state index in [4.69, 9.17) is 4.74 Å². The van der Waals surface area contributed by atoms with Crippen LogP contribution >= 0.6 is 0 Å². The fraction of sp³-hybridized carbons (Fsp3) is 0.250. The van der Waals surface area contributed by atoms with Gasteiger partial charge in [0.15, 0.2) is 0 Å². The molecule has 0 aliphatic heterocycles. The van der Waals surface area contributed by atoms with Gasteiger partial charge in [0, 0.05) is 23.4 Å². The van der Waals surface area contributed by atoms with Gasteiger partial charge in [-0.2, -0.15) is 10.2 Å². The van der Waals surface area contributed by atoms with Gasteiger partial charge in [0.05, 0.1) is 30.0 Å². The van der Waals surface area contributed by atoms with E-state index in [0.29, 0.717) is 12.2 Å². The maximum Gasteiger partial charge on any atom is 0.327 e. The second-order valence-electron chi connectivity index (χ2n) is 6.46. The van der Waals surface area contributed by atoms with Crippen molar-refractivity contribution < 1.29 is 13.9 Å². The lowest BCUT2D eigenvalue weighted by Crippen LogP contribution is -2.14. The van der Waals surface area contributed by atoms with Gasteiger partial charge >= 0.3 is 5.97 Å². The van der Waals surface area contributed by atoms with Crippen LogP contribution < -0.4 is 0 Å². The number of aromatic nitrogens is 4. The van der Waals surface area contributed by atoms with Crippen molar-refractivity contribution in [3.05, 3.63) is 48.0 Å². The summed E-state index contributed by atoms with van der Waals surface area (Å²) in [5, 5.41) is 10.1. The Balaban J connectivity index is 1.90. The number of aryl methyl sites for hydroxylation is 2. The van der Waals surface area contributed by atoms with Gasteiger partial charge in [-0.1, -0.05) is 6.07 Å². The largest absolute Gasteiger partial charge is 0.465 e. The summed E-state index contributed by atoms with van der Waals surface area (Å²) >= 11 is 0. The molecule has 138 valence electrons. The molecule has 0 saturated heterocycles. The molecule has 0 saturated carbocycles. The molecule has 4 rings (SSSR count). The van der Waals surface area contributed by atoms with E-state index < -0.39 is 0 Å². The fourth-order valence-electron chi connectivity index (χ4n) is 3.44. The predicted octanol–water partition coefficient (Wildman–Crippen LogP) is 3.60. The number of hydrogen-bond acceptors (Lipinski definition) is 4. The van der Waals surface area contributed by atoms with E-state index in [1.807, 2.05) is 32.2 Å². The first-order chi connectivity index (χ1) is 13.0. The number of fused-ring (bicyclic) bond motifs is 2. The molecule has 0 aliphatic rings. The first-order valence-electron chi connectivity index (χ1n) is 8.72. The normalized spacial score (nSPS) is 11.4. The number of rotatable bonds is 4. The Hall–Kier alpha value is -3.22. The Morgan fingerprint density at radius 3 is 2.78 bits per heavy atom. The number of hydrogen-bond donors (Lipinski definition) is 0. The van der Waals surface area contributed by atoms with E-state index in [0.717, 1.165) is 32.9 Å². The maximum atomic E-state index is 14.9. The second-order valence-corrected chi connectivity index (χ2v) is 6.46. The zero-order chi connectivity index (χ0) is 19.1. The van der Waals surface area contributed by atoms with Crippen molar-refractivity contribution >= 4 is 27.8 Å². The molecule has 0 bridgehead atoms. The molecule has 6 nitrogen and oxygen atoms in total. The summed E-state index contributed by atoms with van der Waals surface area (Å²) in [7, 11) is 1.83. The van der Waals surface area contributed by atoms with Gasteiger partial charge in [0.2, 0.25) is 0 Å². The van der Waals surface area contributed by atoms with Crippen molar-refractivity contribution in [3.63, 3.8) is 0 Å². The Morgan fingerprint density at radius 1 is 1.19 bits per heavy atom. The van der Waals surface area contributed by atoms with Crippen molar-refractivity contribution in [3.8, 4) is 11.1 Å². The molecule has 0 fully saturated rings. The SMILES string of the molecule is CCOC(=O)Cn1ncc2c(-c3cc4c(cnn4C)cc3F)c(C)ccc21. The van der Waals surface area contributed by atoms with Crippen LogP contribution in [0.5, 0.6) is 0 Å². The summed E-state index contributed by atoms with van der Waals surface area (Å²) in [6.45, 7) is 4.03. The number of esters is 1. The third-order valence-electron chi connectivity index (χ3n) is 4.72. The Bertz CT molecular complexity index is 1180. The number of ether oxygens (including phenoxy) is 1. The zero-order valence-electron chi connectivity index (χ0n) is 15.4. The molecule has 7 heteroatoms. The quantitative estimate of drug-likeness (QED) is 0.518. The number of benzene rings is 2. The molecule has 0 spiro atoms. The van der Waals surface area contributed by atoms with Crippen LogP contribution in [0.1, 0.15) is 12.5 Å². The first kappa shape index (κ1) is 17.2. The van der Waals surface area contributed by atoms with Crippen molar-refractivity contribution in [2.45, 2.75) is 20.4 Å². The molecule has 27 heavy (non-hydrogen) atoms. The van der Waals surface area contributed by atoms with E-state index in [1.54, 1.807) is 28.7 Å². The minimum Gasteiger partial charge on any atom is -0.465 e. The highest BCUT2D eigenvalue weighted by Crippen LogP contribution is 2.35. The molecule has 2 aromatic carbocycles. The summed E-state index contributed by atoms with van der Waals surface area (Å²) in [5.41, 5.74) is 3.79. The van der Waals surface area contributed by atoms with Crippen molar-refractivity contribution in [1.29, 1.82) is 0 Å². The topological polar surface area (TPSA) is 61.9 Å². The van der Waals surface area contributed by atoms with Gasteiger partial charge in [-0.15, -0.1) is 0 Å². The van der Waals surface area contributed by atoms with Gasteiger partial charge in [-0.3, -0.25) is 14.2 Å². The zero-order valence-corrected chi connectivity index (χ0v) is 15.4. The maximum absolute atomic E-state index is 14.9. The van der Waals surface area contributed by atoms with E-state index in [1.165, 1.54) is 6.07 Å². The van der Waals surface area contributed by atoms with Gasteiger partial charge in [0.25, 0.3) is 0 Å². The van der Waals surface area contributed by atoms with Crippen LogP contribution in [-0.2, 0) is 23.1 Å². The molecule has 0 N–H and O–H groups in total. The summed E-state index contributed by atoms with van der Waals surface area (Å²) < 4.78 is 23.2. The van der Waals surface area contributed by atoms with E-state index in [2.05, 4.69) is 10.2 Å². The van der Waals surface area contributed by atoms with Crippen LogP contribution in [0.4, 0.5) is 4.39 Å². The van der Waals surface area contributed by atoms with Gasteiger partial charge in [-0.25, -0.2) is 4.39 Å². The third kappa shape index (κ3) is 2.85. The predicted molar refractivity (Wildman–Crippen MR) is 101 cm³/mol. The van der Waals surface area contributed by atoms with Crippen molar-refractivity contribution in [2.75, 3.05) is 6.61 Å². The molecule has 4 aromatic rings. The number of nitrogens with zero attached hydrogens (tertiary/aromatic N) is 4. The minimum absolute atomic E-state index is 0.0170. The lowest BCUT2D eigenvalue weighted by molar-refractivity contribution is -0.143. The van der Waals surface area contributed by atoms with Crippen LogP contribution in [0.25, 0.3) is 32.9 Å². The number of carbonyl (C=O) groups excluding carboxylic acids is 1. The highest BCUT2D eigenvalue weighted by Gasteiger charge is 2.17. The van der Waals surface area contributed by atoms with Crippen molar-refractivity contribution in [2.24, 2.45) is 7.05 Å². The summed E-state index contributed by atoms with van der Waals surface area (Å²) in [6.07, 6.45) is 3.32. The first-order valence-corrected chi connectivity index (χ1v) is 8.72. The van der Waals surface area contributed by atoms with Crippen LogP contribution in [0.2, 0.25) is 0 Å². The van der Waals surface area contributed by atoms with Gasteiger partial charge < -0.3 is 4.74 Å². The molecule has 0 atom stereocenters. The van der Waals surface area contributed by atoms with Crippen LogP contribution in [0, 0.1) is 12.7 Å². The highest BCUT2D eigenvalue weighted by atomic mass is 19.1. The molecule has 0 radical (unpaired) electrons. The van der Waals surface area contributed by atoms with Crippen LogP contribution in [-0.4, -0.2) is 32.1 Å². The molecule has 0 aliphatic carbocycles. The lowest BCUT2D eigenvalue weighted by atomic mass is 9.95. The molecule has 2 aromatic heterocycles. The molecular formula is C20H19FN4O2. The summed E-state index contributed by atoms with van der Waals surface area (Å²) in [5.74, 6) is -0.670. The van der Waals surface area contributed by atoms with E-state index >= 15 is 0 Å². The number of carbonyl (C=O) groups is 1. The average molecular weight is 366 g/mol. The third-order valence-corrected chi connectivity index (χ3v) is 4.72. The van der Waals surface area contributed by atoms with Gasteiger partial charge in [0.1, 0.15) is 12.4 Å². The van der Waals surface area contributed by atoms with Crippen molar-refractivity contribution in [1.82, 2.24) is 19.6 Å². The summed E-state index contributed by atoms with van der Waals surface area (Å²) in [6, 6.07) is 7.11. The summed E-state index contributed by atoms with van der Waals surface area (Å²) in [4.78, 5) is 11.8. The molecular weight excluding hydrogens is 347 g/mol. The Labute approximate surface area is 155 Å². The second kappa shape index (κ2) is 6.50. The van der Waals surface area contributed by atoms with Crippen LogP contribution in [0.15, 0.2) is 36.7 Å². The Morgan fingerprint density at radius 2 is 2.00 bits per heavy atom. The molecule has 2 heterocycles. The fourth-order valence-corrected chi connectivity index (χ4v) is 3.44. The van der Waals surface area contributed by atoms with E-state index in [-0.39, 0.29) is 18.3 Å². The van der Waals surface area contributed by atoms with Crippen LogP contribution in [0.3, 0.4) is 0 Å². The number of halogens is 1. The van der Waals surface area contributed by atoms with E-state index in [9.17, 15) is 9.18 Å². The average Bonchev–Trinajstić information content (AvgIpc) is 3.19. The van der Waals surface area contributed by atoms with Gasteiger partial charge in [-0.05, 0) is 43.2 Å². The molecule has 0 unspecified atom stereocenters. The standard InChI is InChI=1S/C20H19FN4O2/c1-4-27-19(26)11-25-17-6-5-12(2)20(15(17)10-23-25)14-8-18-13(7-16(14)21)9-22-24(18)3/h5-10H,4,11H2,1-3H3. The minimum atomic E-state index is -0.355. The monoisotopic (exact) mass is 366 g/mol.